The summed E-state index contributed by atoms with van der Waals surface area (Å²) < 4.78 is 0. The lowest BCUT2D eigenvalue weighted by Crippen LogP contribution is -1.94. The Hall–Kier alpha value is -1.44. The Morgan fingerprint density at radius 1 is 1.36 bits per heavy atom. The van der Waals surface area contributed by atoms with Crippen LogP contribution in [0.15, 0.2) is 30.7 Å². The second kappa shape index (κ2) is 3.74. The number of benzene rings is 1. The van der Waals surface area contributed by atoms with Crippen LogP contribution in [0, 0.1) is 0 Å². The monoisotopic (exact) mass is 186 g/mol. The maximum Gasteiger partial charge on any atom is 0.116 e. The lowest BCUT2D eigenvalue weighted by Gasteiger charge is -2.10. The van der Waals surface area contributed by atoms with Crippen LogP contribution in [-0.4, -0.2) is 9.97 Å². The zero-order valence-corrected chi connectivity index (χ0v) is 8.57. The molecule has 14 heavy (non-hydrogen) atoms. The van der Waals surface area contributed by atoms with Crippen LogP contribution >= 0.6 is 0 Å². The van der Waals surface area contributed by atoms with Gasteiger partial charge in [0.25, 0.3) is 0 Å². The van der Waals surface area contributed by atoms with E-state index in [1.165, 1.54) is 5.56 Å². The zero-order chi connectivity index (χ0) is 9.97. The number of aromatic nitrogens is 2. The minimum Gasteiger partial charge on any atom is -0.244 e. The summed E-state index contributed by atoms with van der Waals surface area (Å²) in [5, 5.41) is 1.13. The second-order valence-corrected chi connectivity index (χ2v) is 3.62. The number of fused-ring (bicyclic) bond motifs is 1. The first-order chi connectivity index (χ1) is 6.83. The summed E-state index contributed by atoms with van der Waals surface area (Å²) in [4.78, 5) is 8.37. The minimum atomic E-state index is 0.564. The molecule has 0 saturated heterocycles. The van der Waals surface area contributed by atoms with E-state index in [0.717, 1.165) is 17.3 Å². The summed E-state index contributed by atoms with van der Waals surface area (Å²) in [6, 6.07) is 6.29. The van der Waals surface area contributed by atoms with Crippen LogP contribution in [0.3, 0.4) is 0 Å². The highest BCUT2D eigenvalue weighted by molar-refractivity contribution is 5.81. The van der Waals surface area contributed by atoms with Gasteiger partial charge in [-0.2, -0.15) is 0 Å². The van der Waals surface area contributed by atoms with Gasteiger partial charge in [-0.05, 0) is 17.9 Å². The van der Waals surface area contributed by atoms with Crippen LogP contribution in [0.5, 0.6) is 0 Å². The van der Waals surface area contributed by atoms with Gasteiger partial charge in [0.05, 0.1) is 5.52 Å². The van der Waals surface area contributed by atoms with E-state index in [-0.39, 0.29) is 0 Å². The van der Waals surface area contributed by atoms with Gasteiger partial charge in [0.1, 0.15) is 6.33 Å². The second-order valence-electron chi connectivity index (χ2n) is 3.62. The van der Waals surface area contributed by atoms with Crippen molar-refractivity contribution in [3.8, 4) is 0 Å². The van der Waals surface area contributed by atoms with Gasteiger partial charge in [-0.25, -0.2) is 9.97 Å². The van der Waals surface area contributed by atoms with E-state index in [9.17, 15) is 0 Å². The molecule has 2 heteroatoms. The molecule has 1 aromatic carbocycles. The third kappa shape index (κ3) is 1.48. The predicted octanol–water partition coefficient (Wildman–Crippen LogP) is 3.14. The third-order valence-corrected chi connectivity index (χ3v) is 2.71. The first-order valence-electron chi connectivity index (χ1n) is 5.01. The molecule has 0 aliphatic heterocycles. The number of para-hydroxylation sites is 1. The Morgan fingerprint density at radius 3 is 3.00 bits per heavy atom. The molecule has 0 bridgehead atoms. The lowest BCUT2D eigenvalue weighted by molar-refractivity contribution is 0.737. The van der Waals surface area contributed by atoms with Gasteiger partial charge in [-0.3, -0.25) is 0 Å². The Bertz CT molecular complexity index is 432. The minimum absolute atomic E-state index is 0.564. The van der Waals surface area contributed by atoms with Gasteiger partial charge in [0, 0.05) is 11.6 Å². The smallest absolute Gasteiger partial charge is 0.116 e. The van der Waals surface area contributed by atoms with Crippen molar-refractivity contribution in [1.82, 2.24) is 9.97 Å². The van der Waals surface area contributed by atoms with E-state index in [2.05, 4.69) is 42.0 Å². The van der Waals surface area contributed by atoms with E-state index in [4.69, 9.17) is 0 Å². The SMILES string of the molecule is CCC(C)c1cccc2cncnc12. The number of rotatable bonds is 2. The van der Waals surface area contributed by atoms with E-state index in [0.29, 0.717) is 5.92 Å². The van der Waals surface area contributed by atoms with Gasteiger partial charge in [0.2, 0.25) is 0 Å². The standard InChI is InChI=1S/C12H14N2/c1-3-9(2)11-6-4-5-10-7-13-8-14-12(10)11/h4-9H,3H2,1-2H3. The normalized spacial score (nSPS) is 13.0. The fourth-order valence-corrected chi connectivity index (χ4v) is 1.66. The largest absolute Gasteiger partial charge is 0.244 e. The van der Waals surface area contributed by atoms with Crippen LogP contribution in [-0.2, 0) is 0 Å². The first-order valence-corrected chi connectivity index (χ1v) is 5.01. The molecule has 0 aliphatic rings. The van der Waals surface area contributed by atoms with Gasteiger partial charge >= 0.3 is 0 Å². The summed E-state index contributed by atoms with van der Waals surface area (Å²) in [7, 11) is 0. The van der Waals surface area contributed by atoms with Crippen molar-refractivity contribution in [2.75, 3.05) is 0 Å². The van der Waals surface area contributed by atoms with Crippen molar-refractivity contribution in [2.45, 2.75) is 26.2 Å². The maximum absolute atomic E-state index is 4.34. The molecule has 2 rings (SSSR count). The molecule has 0 radical (unpaired) electrons. The quantitative estimate of drug-likeness (QED) is 0.720. The average Bonchev–Trinajstić information content (AvgIpc) is 2.27. The molecule has 0 amide bonds. The maximum atomic E-state index is 4.34. The summed E-state index contributed by atoms with van der Waals surface area (Å²) >= 11 is 0. The molecule has 1 unspecified atom stereocenters. The molecule has 0 spiro atoms. The van der Waals surface area contributed by atoms with Gasteiger partial charge in [-0.1, -0.05) is 32.0 Å². The molecule has 2 nitrogen and oxygen atoms in total. The lowest BCUT2D eigenvalue weighted by atomic mass is 9.96. The van der Waals surface area contributed by atoms with Crippen LogP contribution in [0.2, 0.25) is 0 Å². The molecule has 0 N–H and O–H groups in total. The van der Waals surface area contributed by atoms with Crippen molar-refractivity contribution < 1.29 is 0 Å². The molecular formula is C12H14N2. The highest BCUT2D eigenvalue weighted by atomic mass is 14.8. The molecule has 1 atom stereocenters. The molecule has 0 fully saturated rings. The average molecular weight is 186 g/mol. The van der Waals surface area contributed by atoms with Crippen LogP contribution in [0.25, 0.3) is 10.9 Å². The molecule has 1 heterocycles. The van der Waals surface area contributed by atoms with Crippen LogP contribution in [0.1, 0.15) is 31.7 Å². The van der Waals surface area contributed by atoms with Crippen molar-refractivity contribution in [3.63, 3.8) is 0 Å². The molecular weight excluding hydrogens is 172 g/mol. The Kier molecular flexibility index (Phi) is 2.44. The van der Waals surface area contributed by atoms with E-state index >= 15 is 0 Å². The molecule has 72 valence electrons. The molecule has 0 aliphatic carbocycles. The summed E-state index contributed by atoms with van der Waals surface area (Å²) in [6.45, 7) is 4.43. The van der Waals surface area contributed by atoms with Crippen molar-refractivity contribution >= 4 is 10.9 Å². The Balaban J connectivity index is 2.65. The van der Waals surface area contributed by atoms with Gasteiger partial charge < -0.3 is 0 Å². The first kappa shape index (κ1) is 9.13. The Morgan fingerprint density at radius 2 is 2.21 bits per heavy atom. The van der Waals surface area contributed by atoms with Crippen molar-refractivity contribution in [3.05, 3.63) is 36.3 Å². The van der Waals surface area contributed by atoms with Gasteiger partial charge in [-0.15, -0.1) is 0 Å². The van der Waals surface area contributed by atoms with Crippen molar-refractivity contribution in [2.24, 2.45) is 0 Å². The van der Waals surface area contributed by atoms with E-state index < -0.39 is 0 Å². The summed E-state index contributed by atoms with van der Waals surface area (Å²) in [6.07, 6.45) is 4.63. The number of hydrogen-bond acceptors (Lipinski definition) is 2. The molecule has 1 aromatic heterocycles. The summed E-state index contributed by atoms with van der Waals surface area (Å²) in [5.41, 5.74) is 2.42. The fraction of sp³-hybridized carbons (Fsp3) is 0.333. The highest BCUT2D eigenvalue weighted by Crippen LogP contribution is 2.24. The predicted molar refractivity (Wildman–Crippen MR) is 58.2 cm³/mol. The van der Waals surface area contributed by atoms with E-state index in [1.54, 1.807) is 6.33 Å². The van der Waals surface area contributed by atoms with E-state index in [1.807, 2.05) is 6.20 Å². The fourth-order valence-electron chi connectivity index (χ4n) is 1.66. The number of nitrogens with zero attached hydrogens (tertiary/aromatic N) is 2. The molecule has 2 aromatic rings. The van der Waals surface area contributed by atoms with Crippen molar-refractivity contribution in [1.29, 1.82) is 0 Å². The third-order valence-electron chi connectivity index (χ3n) is 2.71. The molecule has 0 saturated carbocycles. The topological polar surface area (TPSA) is 25.8 Å². The Labute approximate surface area is 84.0 Å². The highest BCUT2D eigenvalue weighted by Gasteiger charge is 2.07. The van der Waals surface area contributed by atoms with Crippen LogP contribution in [0.4, 0.5) is 0 Å². The van der Waals surface area contributed by atoms with Gasteiger partial charge in [0.15, 0.2) is 0 Å². The zero-order valence-electron chi connectivity index (χ0n) is 8.57. The number of hydrogen-bond donors (Lipinski definition) is 0. The summed E-state index contributed by atoms with van der Waals surface area (Å²) in [5.74, 6) is 0.564. The van der Waals surface area contributed by atoms with Crippen LogP contribution < -0.4 is 0 Å².